The van der Waals surface area contributed by atoms with Crippen LogP contribution in [0.1, 0.15) is 18.9 Å². The van der Waals surface area contributed by atoms with Gasteiger partial charge in [0.15, 0.2) is 9.84 Å². The molecule has 1 heterocycles. The second kappa shape index (κ2) is 7.73. The third-order valence-corrected chi connectivity index (χ3v) is 7.01. The van der Waals surface area contributed by atoms with Gasteiger partial charge in [0.05, 0.1) is 10.6 Å². The number of sulfone groups is 1. The van der Waals surface area contributed by atoms with Crippen LogP contribution in [-0.2, 0) is 20.2 Å². The Morgan fingerprint density at radius 3 is 2.04 bits per heavy atom. The van der Waals surface area contributed by atoms with Crippen molar-refractivity contribution >= 4 is 45.0 Å². The molecular formula is C19H18Cl2N2O4S. The SMILES string of the molecule is CCC1(c2ccc(Cl)cc2)NC(=O)N(CCS(=O)(=O)c2ccc(Cl)cc2)C1=O. The minimum absolute atomic E-state index is 0.0865. The lowest BCUT2D eigenvalue weighted by molar-refractivity contribution is -0.131. The van der Waals surface area contributed by atoms with Crippen LogP contribution in [0.2, 0.25) is 10.0 Å². The molecule has 0 aromatic heterocycles. The first-order chi connectivity index (χ1) is 13.2. The summed E-state index contributed by atoms with van der Waals surface area (Å²) in [5.41, 5.74) is -0.632. The van der Waals surface area contributed by atoms with Gasteiger partial charge >= 0.3 is 6.03 Å². The zero-order chi connectivity index (χ0) is 20.5. The van der Waals surface area contributed by atoms with Crippen molar-refractivity contribution in [2.75, 3.05) is 12.3 Å². The third kappa shape index (κ3) is 3.74. The van der Waals surface area contributed by atoms with E-state index in [1.54, 1.807) is 31.2 Å². The van der Waals surface area contributed by atoms with Crippen molar-refractivity contribution in [2.45, 2.75) is 23.8 Å². The number of amides is 3. The Bertz CT molecular complexity index is 1010. The van der Waals surface area contributed by atoms with E-state index in [-0.39, 0.29) is 17.2 Å². The van der Waals surface area contributed by atoms with Crippen LogP contribution in [0.25, 0.3) is 0 Å². The molecule has 9 heteroatoms. The largest absolute Gasteiger partial charge is 0.325 e. The lowest BCUT2D eigenvalue weighted by Crippen LogP contribution is -2.43. The number of imide groups is 1. The van der Waals surface area contributed by atoms with E-state index in [9.17, 15) is 18.0 Å². The average Bonchev–Trinajstić information content (AvgIpc) is 2.91. The highest BCUT2D eigenvalue weighted by Crippen LogP contribution is 2.33. The molecule has 148 valence electrons. The van der Waals surface area contributed by atoms with Crippen LogP contribution >= 0.6 is 23.2 Å². The molecule has 0 saturated carbocycles. The molecule has 1 saturated heterocycles. The summed E-state index contributed by atoms with van der Waals surface area (Å²) in [5, 5.41) is 3.65. The Morgan fingerprint density at radius 2 is 1.50 bits per heavy atom. The molecule has 1 aliphatic rings. The number of carbonyl (C=O) groups excluding carboxylic acids is 2. The van der Waals surface area contributed by atoms with E-state index in [4.69, 9.17) is 23.2 Å². The van der Waals surface area contributed by atoms with Crippen LogP contribution in [0.4, 0.5) is 4.79 Å². The normalized spacial score (nSPS) is 19.8. The fourth-order valence-corrected chi connectivity index (χ4v) is 4.64. The highest BCUT2D eigenvalue weighted by molar-refractivity contribution is 7.91. The van der Waals surface area contributed by atoms with Crippen LogP contribution in [-0.4, -0.2) is 37.6 Å². The summed E-state index contributed by atoms with van der Waals surface area (Å²) in [6, 6.07) is 11.8. The third-order valence-electron chi connectivity index (χ3n) is 4.80. The van der Waals surface area contributed by atoms with Crippen LogP contribution in [0.15, 0.2) is 53.4 Å². The number of halogens is 2. The number of hydrogen-bond acceptors (Lipinski definition) is 4. The van der Waals surface area contributed by atoms with Gasteiger partial charge in [-0.3, -0.25) is 9.69 Å². The van der Waals surface area contributed by atoms with Gasteiger partial charge in [-0.25, -0.2) is 13.2 Å². The minimum atomic E-state index is -3.68. The molecule has 1 unspecified atom stereocenters. The van der Waals surface area contributed by atoms with Gasteiger partial charge < -0.3 is 5.32 Å². The van der Waals surface area contributed by atoms with E-state index in [2.05, 4.69) is 5.32 Å². The van der Waals surface area contributed by atoms with Gasteiger partial charge in [-0.2, -0.15) is 0 Å². The van der Waals surface area contributed by atoms with E-state index in [1.807, 2.05) is 0 Å². The van der Waals surface area contributed by atoms with Gasteiger partial charge in [-0.1, -0.05) is 42.3 Å². The quantitative estimate of drug-likeness (QED) is 0.695. The molecule has 0 aliphatic carbocycles. The van der Waals surface area contributed by atoms with E-state index in [0.717, 1.165) is 4.90 Å². The molecule has 0 radical (unpaired) electrons. The molecule has 1 fully saturated rings. The zero-order valence-corrected chi connectivity index (χ0v) is 17.3. The Labute approximate surface area is 173 Å². The topological polar surface area (TPSA) is 83.6 Å². The first-order valence-corrected chi connectivity index (χ1v) is 11.0. The first kappa shape index (κ1) is 20.6. The fourth-order valence-electron chi connectivity index (χ4n) is 3.17. The second-order valence-corrected chi connectivity index (χ2v) is 9.41. The standard InChI is InChI=1S/C19H18Cl2N2O4S/c1-2-19(13-3-5-14(20)6-4-13)17(24)23(18(25)22-19)11-12-28(26,27)16-9-7-15(21)8-10-16/h3-10H,2,11-12H2,1H3,(H,22,25). The number of nitrogens with zero attached hydrogens (tertiary/aromatic N) is 1. The van der Waals surface area contributed by atoms with Crippen molar-refractivity contribution in [1.29, 1.82) is 0 Å². The molecule has 3 rings (SSSR count). The van der Waals surface area contributed by atoms with E-state index >= 15 is 0 Å². The maximum atomic E-state index is 13.0. The van der Waals surface area contributed by atoms with Crippen molar-refractivity contribution in [3.05, 3.63) is 64.1 Å². The number of benzene rings is 2. The van der Waals surface area contributed by atoms with Crippen molar-refractivity contribution in [3.8, 4) is 0 Å². The van der Waals surface area contributed by atoms with Gasteiger partial charge in [0.2, 0.25) is 0 Å². The predicted octanol–water partition coefficient (Wildman–Crippen LogP) is 3.62. The molecule has 1 N–H and O–H groups in total. The number of nitrogens with one attached hydrogen (secondary N) is 1. The van der Waals surface area contributed by atoms with Gasteiger partial charge in [0.25, 0.3) is 5.91 Å². The highest BCUT2D eigenvalue weighted by atomic mass is 35.5. The summed E-state index contributed by atoms with van der Waals surface area (Å²) < 4.78 is 25.0. The van der Waals surface area contributed by atoms with Crippen molar-refractivity contribution in [3.63, 3.8) is 0 Å². The summed E-state index contributed by atoms with van der Waals surface area (Å²) in [4.78, 5) is 26.5. The lowest BCUT2D eigenvalue weighted by Gasteiger charge is -2.25. The monoisotopic (exact) mass is 440 g/mol. The molecular weight excluding hydrogens is 423 g/mol. The maximum Gasteiger partial charge on any atom is 0.325 e. The maximum absolute atomic E-state index is 13.0. The Morgan fingerprint density at radius 1 is 0.964 bits per heavy atom. The Kier molecular flexibility index (Phi) is 5.70. The Balaban J connectivity index is 1.81. The van der Waals surface area contributed by atoms with E-state index in [0.29, 0.717) is 22.0 Å². The van der Waals surface area contributed by atoms with Crippen molar-refractivity contribution < 1.29 is 18.0 Å². The van der Waals surface area contributed by atoms with Crippen LogP contribution in [0, 0.1) is 0 Å². The molecule has 0 bridgehead atoms. The van der Waals surface area contributed by atoms with Gasteiger partial charge in [-0.15, -0.1) is 0 Å². The zero-order valence-electron chi connectivity index (χ0n) is 15.0. The molecule has 6 nitrogen and oxygen atoms in total. The van der Waals surface area contributed by atoms with Crippen molar-refractivity contribution in [2.24, 2.45) is 0 Å². The lowest BCUT2D eigenvalue weighted by atomic mass is 9.87. The number of rotatable bonds is 6. The summed E-state index contributed by atoms with van der Waals surface area (Å²) in [6.07, 6.45) is 0.319. The summed E-state index contributed by atoms with van der Waals surface area (Å²) in [6.45, 7) is 1.53. The fraction of sp³-hybridized carbons (Fsp3) is 0.263. The molecule has 0 spiro atoms. The van der Waals surface area contributed by atoms with Gasteiger partial charge in [0, 0.05) is 16.6 Å². The van der Waals surface area contributed by atoms with E-state index in [1.165, 1.54) is 24.3 Å². The van der Waals surface area contributed by atoms with Gasteiger partial charge in [0.1, 0.15) is 5.54 Å². The molecule has 2 aromatic carbocycles. The highest BCUT2D eigenvalue weighted by Gasteiger charge is 2.51. The van der Waals surface area contributed by atoms with Crippen LogP contribution in [0.3, 0.4) is 0 Å². The van der Waals surface area contributed by atoms with Crippen molar-refractivity contribution in [1.82, 2.24) is 10.2 Å². The molecule has 3 amide bonds. The van der Waals surface area contributed by atoms with Crippen LogP contribution in [0.5, 0.6) is 0 Å². The van der Waals surface area contributed by atoms with Gasteiger partial charge in [-0.05, 0) is 48.4 Å². The smallest absolute Gasteiger partial charge is 0.319 e. The average molecular weight is 441 g/mol. The predicted molar refractivity (Wildman–Crippen MR) is 107 cm³/mol. The number of carbonyl (C=O) groups is 2. The summed E-state index contributed by atoms with van der Waals surface area (Å²) in [5.74, 6) is -0.859. The molecule has 1 aliphatic heterocycles. The number of hydrogen-bond donors (Lipinski definition) is 1. The molecule has 1 atom stereocenters. The number of urea groups is 1. The first-order valence-electron chi connectivity index (χ1n) is 8.58. The molecule has 2 aromatic rings. The Hall–Kier alpha value is -2.09. The van der Waals surface area contributed by atoms with E-state index < -0.39 is 27.3 Å². The molecule has 28 heavy (non-hydrogen) atoms. The summed E-state index contributed by atoms with van der Waals surface area (Å²) >= 11 is 11.7. The second-order valence-electron chi connectivity index (χ2n) is 6.43. The minimum Gasteiger partial charge on any atom is -0.319 e. The van der Waals surface area contributed by atoms with Crippen LogP contribution < -0.4 is 5.32 Å². The summed E-state index contributed by atoms with van der Waals surface area (Å²) in [7, 11) is -3.68.